The number of amides is 2. The molecule has 1 aromatic rings. The number of imide groups is 1. The summed E-state index contributed by atoms with van der Waals surface area (Å²) in [6, 6.07) is 5.42. The Balaban J connectivity index is 2.16. The average Bonchev–Trinajstić information content (AvgIpc) is 2.78. The summed E-state index contributed by atoms with van der Waals surface area (Å²) in [5, 5.41) is 12.4. The standard InChI is InChI=1S/C16H20ClN3O3/c1-3-19(4-2)14-6-5-11(9-12(14)17)18-13-10-15(22)20(7-8-21)16(13)23/h5-6,9-10,18,21H,3-4,7-8H2,1-2H3. The van der Waals surface area contributed by atoms with Gasteiger partial charge in [-0.1, -0.05) is 11.6 Å². The number of rotatable bonds is 7. The largest absolute Gasteiger partial charge is 0.395 e. The van der Waals surface area contributed by atoms with Crippen LogP contribution in [0.4, 0.5) is 11.4 Å². The van der Waals surface area contributed by atoms with Crippen molar-refractivity contribution in [3.8, 4) is 0 Å². The fourth-order valence-corrected chi connectivity index (χ4v) is 2.77. The number of nitrogens with zero attached hydrogens (tertiary/aromatic N) is 2. The number of carbonyl (C=O) groups excluding carboxylic acids is 2. The highest BCUT2D eigenvalue weighted by Gasteiger charge is 2.30. The van der Waals surface area contributed by atoms with Crippen LogP contribution in [0.1, 0.15) is 13.8 Å². The molecule has 7 heteroatoms. The van der Waals surface area contributed by atoms with Crippen molar-refractivity contribution in [2.24, 2.45) is 0 Å². The van der Waals surface area contributed by atoms with Crippen molar-refractivity contribution in [1.82, 2.24) is 4.90 Å². The normalized spacial score (nSPS) is 14.3. The Hall–Kier alpha value is -2.05. The van der Waals surface area contributed by atoms with Crippen LogP contribution in [-0.4, -0.2) is 48.1 Å². The Morgan fingerprint density at radius 1 is 1.26 bits per heavy atom. The van der Waals surface area contributed by atoms with E-state index in [1.54, 1.807) is 6.07 Å². The molecule has 2 amide bonds. The van der Waals surface area contributed by atoms with E-state index in [0.717, 1.165) is 23.7 Å². The summed E-state index contributed by atoms with van der Waals surface area (Å²) < 4.78 is 0. The zero-order valence-corrected chi connectivity index (χ0v) is 13.9. The third-order valence-electron chi connectivity index (χ3n) is 3.66. The number of benzene rings is 1. The first-order valence-electron chi connectivity index (χ1n) is 7.51. The molecule has 6 nitrogen and oxygen atoms in total. The van der Waals surface area contributed by atoms with Crippen LogP contribution in [0.5, 0.6) is 0 Å². The predicted molar refractivity (Wildman–Crippen MR) is 90.5 cm³/mol. The highest BCUT2D eigenvalue weighted by atomic mass is 35.5. The third-order valence-corrected chi connectivity index (χ3v) is 3.97. The molecule has 0 fully saturated rings. The van der Waals surface area contributed by atoms with E-state index in [4.69, 9.17) is 16.7 Å². The van der Waals surface area contributed by atoms with Gasteiger partial charge in [-0.3, -0.25) is 14.5 Å². The molecule has 23 heavy (non-hydrogen) atoms. The van der Waals surface area contributed by atoms with Crippen molar-refractivity contribution in [3.05, 3.63) is 35.0 Å². The van der Waals surface area contributed by atoms with Gasteiger partial charge in [0.25, 0.3) is 11.8 Å². The molecule has 0 radical (unpaired) electrons. The maximum Gasteiger partial charge on any atom is 0.277 e. The molecule has 0 bridgehead atoms. The maximum atomic E-state index is 12.1. The van der Waals surface area contributed by atoms with Crippen LogP contribution < -0.4 is 10.2 Å². The Morgan fingerprint density at radius 2 is 1.96 bits per heavy atom. The van der Waals surface area contributed by atoms with Crippen LogP contribution in [0, 0.1) is 0 Å². The van der Waals surface area contributed by atoms with Crippen molar-refractivity contribution in [2.45, 2.75) is 13.8 Å². The Bertz CT molecular complexity index is 641. The quantitative estimate of drug-likeness (QED) is 0.743. The lowest BCUT2D eigenvalue weighted by Gasteiger charge is -2.22. The number of halogens is 1. The number of carbonyl (C=O) groups is 2. The molecular formula is C16H20ClN3O3. The molecule has 0 unspecified atom stereocenters. The lowest BCUT2D eigenvalue weighted by atomic mass is 10.2. The van der Waals surface area contributed by atoms with Gasteiger partial charge in [-0.05, 0) is 32.0 Å². The SMILES string of the molecule is CCN(CC)c1ccc(NC2=CC(=O)N(CCO)C2=O)cc1Cl. The van der Waals surface area contributed by atoms with Gasteiger partial charge in [0, 0.05) is 24.9 Å². The summed E-state index contributed by atoms with van der Waals surface area (Å²) >= 11 is 6.31. The summed E-state index contributed by atoms with van der Waals surface area (Å²) in [6.45, 7) is 5.52. The maximum absolute atomic E-state index is 12.1. The van der Waals surface area contributed by atoms with E-state index in [2.05, 4.69) is 24.1 Å². The lowest BCUT2D eigenvalue weighted by molar-refractivity contribution is -0.137. The lowest BCUT2D eigenvalue weighted by Crippen LogP contribution is -2.34. The van der Waals surface area contributed by atoms with Crippen LogP contribution in [0.15, 0.2) is 30.0 Å². The minimum Gasteiger partial charge on any atom is -0.395 e. The molecule has 0 saturated heterocycles. The summed E-state index contributed by atoms with van der Waals surface area (Å²) in [6.07, 6.45) is 1.23. The number of nitrogens with one attached hydrogen (secondary N) is 1. The monoisotopic (exact) mass is 337 g/mol. The molecule has 0 spiro atoms. The minimum absolute atomic E-state index is 0.0129. The molecule has 1 aliphatic rings. The number of hydrogen-bond donors (Lipinski definition) is 2. The highest BCUT2D eigenvalue weighted by molar-refractivity contribution is 6.33. The fraction of sp³-hybridized carbons (Fsp3) is 0.375. The molecule has 1 aromatic carbocycles. The zero-order chi connectivity index (χ0) is 17.0. The van der Waals surface area contributed by atoms with Crippen LogP contribution in [0.2, 0.25) is 5.02 Å². The van der Waals surface area contributed by atoms with Crippen LogP contribution in [0.3, 0.4) is 0 Å². The van der Waals surface area contributed by atoms with Crippen molar-refractivity contribution in [3.63, 3.8) is 0 Å². The molecule has 2 rings (SSSR count). The van der Waals surface area contributed by atoms with Gasteiger partial charge in [-0.25, -0.2) is 0 Å². The van der Waals surface area contributed by atoms with Crippen molar-refractivity contribution in [1.29, 1.82) is 0 Å². The van der Waals surface area contributed by atoms with E-state index < -0.39 is 11.8 Å². The van der Waals surface area contributed by atoms with Crippen molar-refractivity contribution < 1.29 is 14.7 Å². The first-order valence-corrected chi connectivity index (χ1v) is 7.89. The molecule has 0 aliphatic carbocycles. The smallest absolute Gasteiger partial charge is 0.277 e. The van der Waals surface area contributed by atoms with Crippen LogP contribution >= 0.6 is 11.6 Å². The molecule has 1 heterocycles. The second-order valence-electron chi connectivity index (χ2n) is 5.04. The van der Waals surface area contributed by atoms with Gasteiger partial charge in [0.1, 0.15) is 5.70 Å². The highest BCUT2D eigenvalue weighted by Crippen LogP contribution is 2.29. The van der Waals surface area contributed by atoms with Gasteiger partial charge in [0.05, 0.1) is 23.9 Å². The van der Waals surface area contributed by atoms with Crippen LogP contribution in [0.25, 0.3) is 0 Å². The molecule has 2 N–H and O–H groups in total. The van der Waals surface area contributed by atoms with Gasteiger partial charge < -0.3 is 15.3 Å². The van der Waals surface area contributed by atoms with E-state index in [9.17, 15) is 9.59 Å². The van der Waals surface area contributed by atoms with E-state index in [1.807, 2.05) is 12.1 Å². The summed E-state index contributed by atoms with van der Waals surface area (Å²) in [7, 11) is 0. The van der Waals surface area contributed by atoms with E-state index in [1.165, 1.54) is 6.08 Å². The van der Waals surface area contributed by atoms with Gasteiger partial charge in [-0.2, -0.15) is 0 Å². The molecule has 124 valence electrons. The van der Waals surface area contributed by atoms with E-state index >= 15 is 0 Å². The number of anilines is 2. The number of aliphatic hydroxyl groups excluding tert-OH is 1. The van der Waals surface area contributed by atoms with E-state index in [-0.39, 0.29) is 18.8 Å². The average molecular weight is 338 g/mol. The summed E-state index contributed by atoms with van der Waals surface area (Å²) in [4.78, 5) is 26.9. The predicted octanol–water partition coefficient (Wildman–Crippen LogP) is 1.84. The number of aliphatic hydroxyl groups is 1. The summed E-state index contributed by atoms with van der Waals surface area (Å²) in [5.74, 6) is -0.884. The van der Waals surface area contributed by atoms with Gasteiger partial charge >= 0.3 is 0 Å². The second kappa shape index (κ2) is 7.48. The van der Waals surface area contributed by atoms with Gasteiger partial charge in [0.2, 0.25) is 0 Å². The Kier molecular flexibility index (Phi) is 5.63. The molecule has 0 aromatic heterocycles. The van der Waals surface area contributed by atoms with Crippen molar-refractivity contribution >= 4 is 34.8 Å². The minimum atomic E-state index is -0.451. The summed E-state index contributed by atoms with van der Waals surface area (Å²) in [5.41, 5.74) is 1.73. The topological polar surface area (TPSA) is 72.9 Å². The first-order chi connectivity index (χ1) is 11.0. The molecular weight excluding hydrogens is 318 g/mol. The Morgan fingerprint density at radius 3 is 2.52 bits per heavy atom. The second-order valence-corrected chi connectivity index (χ2v) is 5.45. The van der Waals surface area contributed by atoms with Crippen molar-refractivity contribution in [2.75, 3.05) is 36.5 Å². The molecule has 0 atom stereocenters. The van der Waals surface area contributed by atoms with Gasteiger partial charge in [0.15, 0.2) is 0 Å². The molecule has 0 saturated carbocycles. The van der Waals surface area contributed by atoms with E-state index in [0.29, 0.717) is 10.7 Å². The number of β-amino-alcohol motifs (C(OH)–C–C–N with tert-alkyl or cyclic N) is 1. The first kappa shape index (κ1) is 17.3. The van der Waals surface area contributed by atoms with Gasteiger partial charge in [-0.15, -0.1) is 0 Å². The van der Waals surface area contributed by atoms with Crippen LogP contribution in [-0.2, 0) is 9.59 Å². The third kappa shape index (κ3) is 3.65. The fourth-order valence-electron chi connectivity index (χ4n) is 2.47. The number of hydrogen-bond acceptors (Lipinski definition) is 5. The molecule has 1 aliphatic heterocycles. The Labute approximate surface area is 140 Å². The zero-order valence-electron chi connectivity index (χ0n) is 13.2.